The number of hydrogen-bond acceptors (Lipinski definition) is 3. The van der Waals surface area contributed by atoms with Crippen LogP contribution < -0.4 is 5.32 Å². The van der Waals surface area contributed by atoms with E-state index in [9.17, 15) is 0 Å². The molecular formula is C13H29N3. The smallest absolute Gasteiger partial charge is 0.0249 e. The molecule has 0 aliphatic carbocycles. The maximum Gasteiger partial charge on any atom is 0.0249 e. The molecule has 0 aromatic heterocycles. The standard InChI is InChI=1S/C13H29N3/c1-12(2,3)16-9-7-15(8-10-16)11-13(4,5)14-6/h14H,7-11H2,1-6H3. The molecule has 0 aromatic rings. The normalized spacial score (nSPS) is 21.4. The number of piperazine rings is 1. The van der Waals surface area contributed by atoms with Gasteiger partial charge in [0.05, 0.1) is 0 Å². The summed E-state index contributed by atoms with van der Waals surface area (Å²) in [6, 6.07) is 0. The van der Waals surface area contributed by atoms with Crippen LogP contribution in [0.25, 0.3) is 0 Å². The van der Waals surface area contributed by atoms with E-state index in [0.717, 1.165) is 6.54 Å². The van der Waals surface area contributed by atoms with Crippen molar-refractivity contribution in [3.8, 4) is 0 Å². The van der Waals surface area contributed by atoms with Gasteiger partial charge in [-0.25, -0.2) is 0 Å². The summed E-state index contributed by atoms with van der Waals surface area (Å²) in [5.74, 6) is 0. The summed E-state index contributed by atoms with van der Waals surface area (Å²) in [5, 5.41) is 3.37. The van der Waals surface area contributed by atoms with E-state index in [1.54, 1.807) is 0 Å². The predicted molar refractivity (Wildman–Crippen MR) is 70.9 cm³/mol. The minimum Gasteiger partial charge on any atom is -0.314 e. The Bertz CT molecular complexity index is 210. The van der Waals surface area contributed by atoms with Gasteiger partial charge in [-0.3, -0.25) is 9.80 Å². The molecule has 96 valence electrons. The lowest BCUT2D eigenvalue weighted by Gasteiger charge is -2.44. The van der Waals surface area contributed by atoms with Gasteiger partial charge in [0.25, 0.3) is 0 Å². The van der Waals surface area contributed by atoms with Gasteiger partial charge in [-0.1, -0.05) is 0 Å². The lowest BCUT2D eigenvalue weighted by Crippen LogP contribution is -2.57. The molecule has 0 saturated carbocycles. The first-order valence-electron chi connectivity index (χ1n) is 6.41. The second kappa shape index (κ2) is 5.03. The van der Waals surface area contributed by atoms with Crippen LogP contribution in [0.1, 0.15) is 34.6 Å². The van der Waals surface area contributed by atoms with Gasteiger partial charge in [-0.15, -0.1) is 0 Å². The summed E-state index contributed by atoms with van der Waals surface area (Å²) in [7, 11) is 2.05. The molecule has 0 atom stereocenters. The second-order valence-corrected chi connectivity index (χ2v) is 6.57. The van der Waals surface area contributed by atoms with Gasteiger partial charge in [0.15, 0.2) is 0 Å². The first kappa shape index (κ1) is 13.9. The van der Waals surface area contributed by atoms with Crippen LogP contribution in [0.3, 0.4) is 0 Å². The van der Waals surface area contributed by atoms with Crippen LogP contribution in [0.4, 0.5) is 0 Å². The Labute approximate surface area is 101 Å². The molecule has 0 bridgehead atoms. The van der Waals surface area contributed by atoms with Crippen LogP contribution in [0.2, 0.25) is 0 Å². The van der Waals surface area contributed by atoms with Gasteiger partial charge in [0, 0.05) is 43.8 Å². The summed E-state index contributed by atoms with van der Waals surface area (Å²) >= 11 is 0. The molecule has 0 radical (unpaired) electrons. The van der Waals surface area contributed by atoms with Crippen LogP contribution in [0.5, 0.6) is 0 Å². The van der Waals surface area contributed by atoms with E-state index in [0.29, 0.717) is 5.54 Å². The van der Waals surface area contributed by atoms with E-state index in [4.69, 9.17) is 0 Å². The van der Waals surface area contributed by atoms with Crippen molar-refractivity contribution < 1.29 is 0 Å². The van der Waals surface area contributed by atoms with Crippen molar-refractivity contribution in [2.45, 2.75) is 45.7 Å². The molecule has 0 aromatic carbocycles. The van der Waals surface area contributed by atoms with Gasteiger partial charge in [0.2, 0.25) is 0 Å². The lowest BCUT2D eigenvalue weighted by molar-refractivity contribution is 0.0522. The van der Waals surface area contributed by atoms with Gasteiger partial charge in [-0.2, -0.15) is 0 Å². The molecule has 1 heterocycles. The van der Waals surface area contributed by atoms with E-state index in [-0.39, 0.29) is 5.54 Å². The molecule has 0 amide bonds. The number of likely N-dealkylation sites (N-methyl/N-ethyl adjacent to an activating group) is 1. The highest BCUT2D eigenvalue weighted by molar-refractivity contribution is 4.86. The van der Waals surface area contributed by atoms with Gasteiger partial charge in [0.1, 0.15) is 0 Å². The lowest BCUT2D eigenvalue weighted by atomic mass is 10.0. The highest BCUT2D eigenvalue weighted by atomic mass is 15.3. The Morgan fingerprint density at radius 1 is 0.938 bits per heavy atom. The molecule has 0 spiro atoms. The van der Waals surface area contributed by atoms with Gasteiger partial charge < -0.3 is 5.32 Å². The van der Waals surface area contributed by atoms with E-state index in [2.05, 4.69) is 49.7 Å². The van der Waals surface area contributed by atoms with E-state index < -0.39 is 0 Å². The van der Waals surface area contributed by atoms with E-state index in [1.165, 1.54) is 26.2 Å². The van der Waals surface area contributed by atoms with Crippen molar-refractivity contribution >= 4 is 0 Å². The zero-order chi connectivity index (χ0) is 12.4. The summed E-state index contributed by atoms with van der Waals surface area (Å²) in [4.78, 5) is 5.15. The first-order valence-corrected chi connectivity index (χ1v) is 6.41. The molecule has 3 heteroatoms. The van der Waals surface area contributed by atoms with Crippen LogP contribution in [0, 0.1) is 0 Å². The van der Waals surface area contributed by atoms with E-state index >= 15 is 0 Å². The molecule has 1 rings (SSSR count). The molecule has 16 heavy (non-hydrogen) atoms. The molecule has 1 saturated heterocycles. The monoisotopic (exact) mass is 227 g/mol. The maximum absolute atomic E-state index is 3.37. The molecule has 1 aliphatic rings. The van der Waals surface area contributed by atoms with Crippen molar-refractivity contribution in [2.75, 3.05) is 39.8 Å². The van der Waals surface area contributed by atoms with Crippen molar-refractivity contribution in [1.82, 2.24) is 15.1 Å². The molecule has 0 unspecified atom stereocenters. The Morgan fingerprint density at radius 2 is 1.44 bits per heavy atom. The van der Waals surface area contributed by atoms with Crippen molar-refractivity contribution in [3.63, 3.8) is 0 Å². The largest absolute Gasteiger partial charge is 0.314 e. The Kier molecular flexibility index (Phi) is 4.38. The maximum atomic E-state index is 3.37. The minimum atomic E-state index is 0.226. The number of hydrogen-bond donors (Lipinski definition) is 1. The number of nitrogens with zero attached hydrogens (tertiary/aromatic N) is 2. The molecule has 1 fully saturated rings. The average molecular weight is 227 g/mol. The van der Waals surface area contributed by atoms with Crippen LogP contribution in [0.15, 0.2) is 0 Å². The van der Waals surface area contributed by atoms with Crippen LogP contribution in [-0.4, -0.2) is 60.6 Å². The van der Waals surface area contributed by atoms with Crippen LogP contribution >= 0.6 is 0 Å². The third-order valence-electron chi connectivity index (χ3n) is 3.62. The Morgan fingerprint density at radius 3 is 1.81 bits per heavy atom. The average Bonchev–Trinajstić information content (AvgIpc) is 2.16. The van der Waals surface area contributed by atoms with E-state index in [1.807, 2.05) is 7.05 Å². The Balaban J connectivity index is 2.38. The van der Waals surface area contributed by atoms with Gasteiger partial charge in [-0.05, 0) is 41.7 Å². The van der Waals surface area contributed by atoms with Gasteiger partial charge >= 0.3 is 0 Å². The third-order valence-corrected chi connectivity index (χ3v) is 3.62. The Hall–Kier alpha value is -0.120. The predicted octanol–water partition coefficient (Wildman–Crippen LogP) is 1.40. The fraction of sp³-hybridized carbons (Fsp3) is 1.00. The molecule has 1 N–H and O–H groups in total. The highest BCUT2D eigenvalue weighted by Crippen LogP contribution is 2.16. The zero-order valence-electron chi connectivity index (χ0n) is 11.9. The molecule has 3 nitrogen and oxygen atoms in total. The summed E-state index contributed by atoms with van der Waals surface area (Å²) in [5.41, 5.74) is 0.550. The summed E-state index contributed by atoms with van der Waals surface area (Å²) < 4.78 is 0. The summed E-state index contributed by atoms with van der Waals surface area (Å²) in [6.45, 7) is 17.4. The quantitative estimate of drug-likeness (QED) is 0.786. The minimum absolute atomic E-state index is 0.226. The summed E-state index contributed by atoms with van der Waals surface area (Å²) in [6.07, 6.45) is 0. The topological polar surface area (TPSA) is 18.5 Å². The fourth-order valence-electron chi connectivity index (χ4n) is 2.21. The zero-order valence-corrected chi connectivity index (χ0v) is 11.9. The molecule has 1 aliphatic heterocycles. The van der Waals surface area contributed by atoms with Crippen molar-refractivity contribution in [3.05, 3.63) is 0 Å². The van der Waals surface area contributed by atoms with Crippen molar-refractivity contribution in [1.29, 1.82) is 0 Å². The van der Waals surface area contributed by atoms with Crippen molar-refractivity contribution in [2.24, 2.45) is 0 Å². The second-order valence-electron chi connectivity index (χ2n) is 6.57. The molecular weight excluding hydrogens is 198 g/mol. The van der Waals surface area contributed by atoms with Crippen LogP contribution in [-0.2, 0) is 0 Å². The number of nitrogens with one attached hydrogen (secondary N) is 1. The SMILES string of the molecule is CNC(C)(C)CN1CCN(C(C)(C)C)CC1. The third kappa shape index (κ3) is 4.04. The fourth-order valence-corrected chi connectivity index (χ4v) is 2.21. The highest BCUT2D eigenvalue weighted by Gasteiger charge is 2.28. The number of rotatable bonds is 3. The first-order chi connectivity index (χ1) is 7.24.